The highest BCUT2D eigenvalue weighted by atomic mass is 19.1. The Kier molecular flexibility index (Phi) is 3.31. The molecule has 1 aromatic carbocycles. The first kappa shape index (κ1) is 12.1. The fraction of sp³-hybridized carbons (Fsp3) is 0.571. The van der Waals surface area contributed by atoms with Gasteiger partial charge in [0.1, 0.15) is 11.6 Å². The van der Waals surface area contributed by atoms with E-state index in [0.717, 1.165) is 32.7 Å². The van der Waals surface area contributed by atoms with E-state index in [1.54, 1.807) is 0 Å². The Morgan fingerprint density at radius 1 is 1.17 bits per heavy atom. The molecule has 0 aliphatic carbocycles. The minimum absolute atomic E-state index is 0.193. The molecule has 0 radical (unpaired) electrons. The van der Waals surface area contributed by atoms with E-state index in [1.807, 2.05) is 0 Å². The molecule has 0 unspecified atom stereocenters. The Bertz CT molecular complexity index is 406. The molecular weight excluding hydrogens is 236 g/mol. The number of halogens is 2. The quantitative estimate of drug-likeness (QED) is 0.820. The smallest absolute Gasteiger partial charge is 0.130 e. The zero-order chi connectivity index (χ0) is 12.5. The van der Waals surface area contributed by atoms with E-state index in [1.165, 1.54) is 18.2 Å². The van der Waals surface area contributed by atoms with Crippen molar-refractivity contribution in [3.05, 3.63) is 35.4 Å². The number of benzene rings is 1. The van der Waals surface area contributed by atoms with E-state index in [2.05, 4.69) is 4.90 Å². The lowest BCUT2D eigenvalue weighted by atomic mass is 9.85. The van der Waals surface area contributed by atoms with Gasteiger partial charge in [-0.2, -0.15) is 0 Å². The number of likely N-dealkylation sites (tertiary alicyclic amines) is 1. The summed E-state index contributed by atoms with van der Waals surface area (Å²) in [6.45, 7) is 3.96. The summed E-state index contributed by atoms with van der Waals surface area (Å²) in [5.74, 6) is 0.402. The van der Waals surface area contributed by atoms with Gasteiger partial charge in [-0.3, -0.25) is 4.90 Å². The standard InChI is InChI=1S/C14H17F2NO/c15-13-2-1-3-14(16)12(13)8-17-6-11(7-17)10-4-5-18-9-10/h1-3,10-11H,4-9H2/t10-/m1/s1. The Labute approximate surface area is 106 Å². The second-order valence-corrected chi connectivity index (χ2v) is 5.28. The van der Waals surface area contributed by atoms with Crippen molar-refractivity contribution < 1.29 is 13.5 Å². The van der Waals surface area contributed by atoms with Gasteiger partial charge in [0.15, 0.2) is 0 Å². The molecule has 0 N–H and O–H groups in total. The van der Waals surface area contributed by atoms with Crippen molar-refractivity contribution in [2.75, 3.05) is 26.3 Å². The van der Waals surface area contributed by atoms with Gasteiger partial charge in [-0.15, -0.1) is 0 Å². The van der Waals surface area contributed by atoms with E-state index < -0.39 is 11.6 Å². The van der Waals surface area contributed by atoms with Gasteiger partial charge in [-0.05, 0) is 30.4 Å². The third-order valence-corrected chi connectivity index (χ3v) is 4.06. The van der Waals surface area contributed by atoms with Crippen molar-refractivity contribution in [1.82, 2.24) is 4.90 Å². The van der Waals surface area contributed by atoms with Crippen LogP contribution in [0.25, 0.3) is 0 Å². The van der Waals surface area contributed by atoms with Crippen LogP contribution < -0.4 is 0 Å². The molecule has 2 saturated heterocycles. The molecule has 0 aromatic heterocycles. The SMILES string of the molecule is Fc1cccc(F)c1CN1CC([C@@H]2CCOC2)C1. The molecule has 0 saturated carbocycles. The second kappa shape index (κ2) is 4.94. The fourth-order valence-electron chi connectivity index (χ4n) is 2.87. The third kappa shape index (κ3) is 2.27. The molecule has 1 aromatic rings. The van der Waals surface area contributed by atoms with E-state index >= 15 is 0 Å². The van der Waals surface area contributed by atoms with Crippen LogP contribution in [0, 0.1) is 23.5 Å². The van der Waals surface area contributed by atoms with Crippen LogP contribution in [0.15, 0.2) is 18.2 Å². The zero-order valence-electron chi connectivity index (χ0n) is 10.2. The molecule has 2 nitrogen and oxygen atoms in total. The van der Waals surface area contributed by atoms with Gasteiger partial charge in [0, 0.05) is 38.4 Å². The second-order valence-electron chi connectivity index (χ2n) is 5.28. The van der Waals surface area contributed by atoms with E-state index in [-0.39, 0.29) is 5.56 Å². The van der Waals surface area contributed by atoms with Crippen molar-refractivity contribution in [2.24, 2.45) is 11.8 Å². The third-order valence-electron chi connectivity index (χ3n) is 4.06. The molecule has 2 aliphatic heterocycles. The van der Waals surface area contributed by atoms with Gasteiger partial charge >= 0.3 is 0 Å². The first-order valence-electron chi connectivity index (χ1n) is 6.47. The van der Waals surface area contributed by atoms with Crippen LogP contribution in [-0.2, 0) is 11.3 Å². The minimum atomic E-state index is -0.442. The van der Waals surface area contributed by atoms with Crippen LogP contribution >= 0.6 is 0 Å². The Morgan fingerprint density at radius 3 is 2.50 bits per heavy atom. The van der Waals surface area contributed by atoms with Crippen molar-refractivity contribution in [2.45, 2.75) is 13.0 Å². The lowest BCUT2D eigenvalue weighted by Gasteiger charge is -2.42. The van der Waals surface area contributed by atoms with Crippen LogP contribution in [0.2, 0.25) is 0 Å². The predicted molar refractivity (Wildman–Crippen MR) is 64.1 cm³/mol. The first-order chi connectivity index (χ1) is 8.74. The highest BCUT2D eigenvalue weighted by Gasteiger charge is 2.35. The summed E-state index contributed by atoms with van der Waals surface area (Å²) >= 11 is 0. The summed E-state index contributed by atoms with van der Waals surface area (Å²) in [6, 6.07) is 4.05. The number of rotatable bonds is 3. The van der Waals surface area contributed by atoms with Gasteiger partial charge in [0.25, 0.3) is 0 Å². The highest BCUT2D eigenvalue weighted by molar-refractivity contribution is 5.19. The molecule has 0 amide bonds. The molecule has 2 heterocycles. The van der Waals surface area contributed by atoms with E-state index in [4.69, 9.17) is 4.74 Å². The maximum absolute atomic E-state index is 13.5. The number of ether oxygens (including phenoxy) is 1. The Balaban J connectivity index is 1.56. The van der Waals surface area contributed by atoms with Gasteiger partial charge in [0.2, 0.25) is 0 Å². The van der Waals surface area contributed by atoms with Crippen LogP contribution in [0.3, 0.4) is 0 Å². The summed E-state index contributed by atoms with van der Waals surface area (Å²) in [5, 5.41) is 0. The molecule has 0 bridgehead atoms. The maximum Gasteiger partial charge on any atom is 0.130 e. The van der Waals surface area contributed by atoms with Gasteiger partial charge < -0.3 is 4.74 Å². The first-order valence-corrected chi connectivity index (χ1v) is 6.47. The molecule has 1 atom stereocenters. The lowest BCUT2D eigenvalue weighted by Crippen LogP contribution is -2.49. The average Bonchev–Trinajstić information content (AvgIpc) is 2.79. The summed E-state index contributed by atoms with van der Waals surface area (Å²) in [6.07, 6.45) is 1.13. The topological polar surface area (TPSA) is 12.5 Å². The maximum atomic E-state index is 13.5. The summed E-state index contributed by atoms with van der Waals surface area (Å²) in [5.41, 5.74) is 0.193. The van der Waals surface area contributed by atoms with Crippen LogP contribution in [0.1, 0.15) is 12.0 Å². The predicted octanol–water partition coefficient (Wildman–Crippen LogP) is 2.43. The van der Waals surface area contributed by atoms with Crippen molar-refractivity contribution in [1.29, 1.82) is 0 Å². The monoisotopic (exact) mass is 253 g/mol. The molecule has 2 aliphatic rings. The van der Waals surface area contributed by atoms with Gasteiger partial charge in [0.05, 0.1) is 0 Å². The average molecular weight is 253 g/mol. The Hall–Kier alpha value is -1.00. The van der Waals surface area contributed by atoms with E-state index in [9.17, 15) is 8.78 Å². The van der Waals surface area contributed by atoms with Gasteiger partial charge in [-0.1, -0.05) is 6.07 Å². The van der Waals surface area contributed by atoms with Crippen LogP contribution in [0.4, 0.5) is 8.78 Å². The summed E-state index contributed by atoms with van der Waals surface area (Å²) in [4.78, 5) is 2.10. The molecule has 98 valence electrons. The molecule has 4 heteroatoms. The van der Waals surface area contributed by atoms with Crippen LogP contribution in [0.5, 0.6) is 0 Å². The minimum Gasteiger partial charge on any atom is -0.381 e. The lowest BCUT2D eigenvalue weighted by molar-refractivity contribution is 0.0427. The van der Waals surface area contributed by atoms with Crippen molar-refractivity contribution >= 4 is 0 Å². The molecular formula is C14H17F2NO. The largest absolute Gasteiger partial charge is 0.381 e. The highest BCUT2D eigenvalue weighted by Crippen LogP contribution is 2.31. The number of hydrogen-bond acceptors (Lipinski definition) is 2. The van der Waals surface area contributed by atoms with Crippen molar-refractivity contribution in [3.8, 4) is 0 Å². The van der Waals surface area contributed by atoms with Crippen LogP contribution in [-0.4, -0.2) is 31.2 Å². The van der Waals surface area contributed by atoms with E-state index in [0.29, 0.717) is 18.4 Å². The molecule has 18 heavy (non-hydrogen) atoms. The molecule has 0 spiro atoms. The molecule has 2 fully saturated rings. The van der Waals surface area contributed by atoms with Gasteiger partial charge in [-0.25, -0.2) is 8.78 Å². The fourth-order valence-corrected chi connectivity index (χ4v) is 2.87. The van der Waals surface area contributed by atoms with Crippen molar-refractivity contribution in [3.63, 3.8) is 0 Å². The normalized spacial score (nSPS) is 25.3. The number of nitrogens with zero attached hydrogens (tertiary/aromatic N) is 1. The summed E-state index contributed by atoms with van der Waals surface area (Å²) in [7, 11) is 0. The zero-order valence-corrected chi connectivity index (χ0v) is 10.2. The number of hydrogen-bond donors (Lipinski definition) is 0. The summed E-state index contributed by atoms with van der Waals surface area (Å²) < 4.78 is 32.3. The Morgan fingerprint density at radius 2 is 1.89 bits per heavy atom. The molecule has 3 rings (SSSR count).